The molecule has 3 heterocycles. The number of rotatable bonds is 3. The Morgan fingerprint density at radius 3 is 2.67 bits per heavy atom. The van der Waals surface area contributed by atoms with Gasteiger partial charge >= 0.3 is 0 Å². The fourth-order valence-corrected chi connectivity index (χ4v) is 4.28. The van der Waals surface area contributed by atoms with Crippen LogP contribution in [0.1, 0.15) is 0 Å². The van der Waals surface area contributed by atoms with Crippen molar-refractivity contribution in [3.8, 4) is 11.3 Å². The predicted octanol–water partition coefficient (Wildman–Crippen LogP) is 2.02. The number of hydrogen-bond acceptors (Lipinski definition) is 4. The van der Waals surface area contributed by atoms with E-state index >= 15 is 0 Å². The Morgan fingerprint density at radius 2 is 1.88 bits per heavy atom. The maximum atomic E-state index is 12.8. The molecule has 0 N–H and O–H groups in total. The number of ether oxygens (including phenoxy) is 1. The Hall–Kier alpha value is -2.22. The Kier molecular flexibility index (Phi) is 3.84. The van der Waals surface area contributed by atoms with E-state index in [4.69, 9.17) is 4.74 Å². The number of fused-ring (bicyclic) bond motifs is 1. The van der Waals surface area contributed by atoms with Crippen molar-refractivity contribution in [1.29, 1.82) is 0 Å². The van der Waals surface area contributed by atoms with Crippen molar-refractivity contribution in [2.75, 3.05) is 26.3 Å². The average molecular weight is 343 g/mol. The van der Waals surface area contributed by atoms with Crippen LogP contribution in [0.2, 0.25) is 0 Å². The maximum absolute atomic E-state index is 12.8. The van der Waals surface area contributed by atoms with Crippen molar-refractivity contribution in [2.45, 2.75) is 4.90 Å². The summed E-state index contributed by atoms with van der Waals surface area (Å²) in [6.07, 6.45) is 3.82. The highest BCUT2D eigenvalue weighted by Crippen LogP contribution is 2.24. The largest absolute Gasteiger partial charge is 0.379 e. The molecule has 0 aliphatic carbocycles. The zero-order valence-corrected chi connectivity index (χ0v) is 13.8. The molecule has 1 fully saturated rings. The Bertz CT molecular complexity index is 942. The van der Waals surface area contributed by atoms with Crippen molar-refractivity contribution in [3.63, 3.8) is 0 Å². The van der Waals surface area contributed by atoms with Gasteiger partial charge in [0.1, 0.15) is 5.65 Å². The van der Waals surface area contributed by atoms with Crippen LogP contribution in [0.25, 0.3) is 16.9 Å². The first kappa shape index (κ1) is 15.3. The molecule has 0 saturated carbocycles. The predicted molar refractivity (Wildman–Crippen MR) is 90.2 cm³/mol. The van der Waals surface area contributed by atoms with Crippen LogP contribution in [0.5, 0.6) is 0 Å². The van der Waals surface area contributed by atoms with E-state index in [0.717, 1.165) is 16.9 Å². The van der Waals surface area contributed by atoms with Crippen molar-refractivity contribution in [1.82, 2.24) is 13.7 Å². The molecule has 1 saturated heterocycles. The number of nitrogens with zero attached hydrogens (tertiary/aromatic N) is 3. The molecule has 4 rings (SSSR count). The molecule has 0 spiro atoms. The summed E-state index contributed by atoms with van der Waals surface area (Å²) in [6.45, 7) is 1.65. The van der Waals surface area contributed by atoms with Crippen LogP contribution in [0.4, 0.5) is 0 Å². The second kappa shape index (κ2) is 6.01. The highest BCUT2D eigenvalue weighted by molar-refractivity contribution is 7.89. The molecular formula is C17H17N3O3S. The molecule has 6 nitrogen and oxygen atoms in total. The molecule has 24 heavy (non-hydrogen) atoms. The molecule has 1 aliphatic heterocycles. The number of sulfonamides is 1. The second-order valence-electron chi connectivity index (χ2n) is 5.64. The SMILES string of the molecule is O=S(=O)(c1cccc(-c2cn3ccccc3n2)c1)N1CCOCC1. The summed E-state index contributed by atoms with van der Waals surface area (Å²) < 4.78 is 34.2. The van der Waals surface area contributed by atoms with E-state index in [1.807, 2.05) is 41.1 Å². The molecule has 0 bridgehead atoms. The molecule has 0 radical (unpaired) electrons. The first-order valence-corrected chi connectivity index (χ1v) is 9.21. The standard InChI is InChI=1S/C17H17N3O3S/c21-24(22,20-8-10-23-11-9-20)15-5-3-4-14(12-15)16-13-19-7-2-1-6-17(19)18-16/h1-7,12-13H,8-11H2. The summed E-state index contributed by atoms with van der Waals surface area (Å²) in [5, 5.41) is 0. The molecular weight excluding hydrogens is 326 g/mol. The van der Waals surface area contributed by atoms with E-state index in [1.54, 1.807) is 18.2 Å². The highest BCUT2D eigenvalue weighted by Gasteiger charge is 2.26. The van der Waals surface area contributed by atoms with Crippen LogP contribution < -0.4 is 0 Å². The van der Waals surface area contributed by atoms with Gasteiger partial charge in [0.15, 0.2) is 0 Å². The Labute approximate surface area is 140 Å². The maximum Gasteiger partial charge on any atom is 0.243 e. The number of morpholine rings is 1. The fourth-order valence-electron chi connectivity index (χ4n) is 2.83. The molecule has 1 aromatic carbocycles. The van der Waals surface area contributed by atoms with Gasteiger partial charge in [-0.2, -0.15) is 4.31 Å². The van der Waals surface area contributed by atoms with Gasteiger partial charge in [0.25, 0.3) is 0 Å². The zero-order chi connectivity index (χ0) is 16.6. The topological polar surface area (TPSA) is 63.9 Å². The molecule has 1 aliphatic rings. The highest BCUT2D eigenvalue weighted by atomic mass is 32.2. The van der Waals surface area contributed by atoms with Gasteiger partial charge in [-0.05, 0) is 24.3 Å². The number of aromatic nitrogens is 2. The smallest absolute Gasteiger partial charge is 0.243 e. The summed E-state index contributed by atoms with van der Waals surface area (Å²) >= 11 is 0. The first-order valence-electron chi connectivity index (χ1n) is 7.77. The zero-order valence-electron chi connectivity index (χ0n) is 13.0. The normalized spacial score (nSPS) is 16.5. The summed E-state index contributed by atoms with van der Waals surface area (Å²) in [5.74, 6) is 0. The Morgan fingerprint density at radius 1 is 1.04 bits per heavy atom. The minimum atomic E-state index is -3.50. The van der Waals surface area contributed by atoms with Gasteiger partial charge in [-0.25, -0.2) is 13.4 Å². The molecule has 0 amide bonds. The second-order valence-corrected chi connectivity index (χ2v) is 7.57. The van der Waals surface area contributed by atoms with Crippen LogP contribution >= 0.6 is 0 Å². The lowest BCUT2D eigenvalue weighted by Crippen LogP contribution is -2.40. The van der Waals surface area contributed by atoms with Gasteiger partial charge in [0, 0.05) is 31.0 Å². The summed E-state index contributed by atoms with van der Waals surface area (Å²) in [5.41, 5.74) is 2.36. The number of imidazole rings is 1. The van der Waals surface area contributed by atoms with Gasteiger partial charge in [-0.3, -0.25) is 0 Å². The van der Waals surface area contributed by atoms with Crippen molar-refractivity contribution >= 4 is 15.7 Å². The van der Waals surface area contributed by atoms with Crippen molar-refractivity contribution < 1.29 is 13.2 Å². The van der Waals surface area contributed by atoms with Crippen LogP contribution in [0.3, 0.4) is 0 Å². The van der Waals surface area contributed by atoms with Gasteiger partial charge in [-0.15, -0.1) is 0 Å². The fraction of sp³-hybridized carbons (Fsp3) is 0.235. The quantitative estimate of drug-likeness (QED) is 0.730. The molecule has 7 heteroatoms. The molecule has 124 valence electrons. The third-order valence-corrected chi connectivity index (χ3v) is 6.00. The van der Waals surface area contributed by atoms with Crippen LogP contribution in [-0.4, -0.2) is 48.4 Å². The van der Waals surface area contributed by atoms with Gasteiger partial charge in [0.05, 0.1) is 23.8 Å². The first-order chi connectivity index (χ1) is 11.6. The molecule has 0 unspecified atom stereocenters. The number of hydrogen-bond donors (Lipinski definition) is 0. The molecule has 2 aromatic heterocycles. The summed E-state index contributed by atoms with van der Waals surface area (Å²) in [4.78, 5) is 4.84. The van der Waals surface area contributed by atoms with Crippen molar-refractivity contribution in [2.24, 2.45) is 0 Å². The van der Waals surface area contributed by atoms with E-state index in [1.165, 1.54) is 4.31 Å². The van der Waals surface area contributed by atoms with E-state index in [-0.39, 0.29) is 0 Å². The van der Waals surface area contributed by atoms with E-state index < -0.39 is 10.0 Å². The van der Waals surface area contributed by atoms with Crippen LogP contribution in [0, 0.1) is 0 Å². The third kappa shape index (κ3) is 2.71. The lowest BCUT2D eigenvalue weighted by atomic mass is 10.2. The lowest BCUT2D eigenvalue weighted by Gasteiger charge is -2.26. The van der Waals surface area contributed by atoms with E-state index in [2.05, 4.69) is 4.98 Å². The van der Waals surface area contributed by atoms with Gasteiger partial charge in [-0.1, -0.05) is 18.2 Å². The van der Waals surface area contributed by atoms with Gasteiger partial charge in [0.2, 0.25) is 10.0 Å². The monoisotopic (exact) mass is 343 g/mol. The van der Waals surface area contributed by atoms with E-state index in [9.17, 15) is 8.42 Å². The number of benzene rings is 1. The van der Waals surface area contributed by atoms with Crippen LogP contribution in [0.15, 0.2) is 59.8 Å². The van der Waals surface area contributed by atoms with Gasteiger partial charge < -0.3 is 9.14 Å². The Balaban J connectivity index is 1.73. The minimum Gasteiger partial charge on any atom is -0.379 e. The van der Waals surface area contributed by atoms with Crippen molar-refractivity contribution in [3.05, 3.63) is 54.9 Å². The molecule has 3 aromatic rings. The third-order valence-electron chi connectivity index (χ3n) is 4.10. The van der Waals surface area contributed by atoms with E-state index in [0.29, 0.717) is 31.2 Å². The lowest BCUT2D eigenvalue weighted by molar-refractivity contribution is 0.0730. The number of pyridine rings is 1. The molecule has 0 atom stereocenters. The minimum absolute atomic E-state index is 0.291. The average Bonchev–Trinajstić information content (AvgIpc) is 3.07. The summed E-state index contributed by atoms with van der Waals surface area (Å²) in [7, 11) is -3.50. The summed E-state index contributed by atoms with van der Waals surface area (Å²) in [6, 6.07) is 12.7. The van der Waals surface area contributed by atoms with Crippen LogP contribution in [-0.2, 0) is 14.8 Å².